The van der Waals surface area contributed by atoms with Gasteiger partial charge in [0.25, 0.3) is 5.91 Å². The quantitative estimate of drug-likeness (QED) is 0.856. The SMILES string of the molecule is CC(C)CNC(=O)c1snnc1C(C)C. The highest BCUT2D eigenvalue weighted by molar-refractivity contribution is 7.08. The number of hydrogen-bond donors (Lipinski definition) is 1. The molecule has 15 heavy (non-hydrogen) atoms. The Labute approximate surface area is 94.3 Å². The van der Waals surface area contributed by atoms with Crippen LogP contribution in [0.4, 0.5) is 0 Å². The summed E-state index contributed by atoms with van der Waals surface area (Å²) < 4.78 is 3.82. The summed E-state index contributed by atoms with van der Waals surface area (Å²) in [6.07, 6.45) is 0. The average molecular weight is 227 g/mol. The highest BCUT2D eigenvalue weighted by Gasteiger charge is 2.18. The van der Waals surface area contributed by atoms with E-state index in [0.29, 0.717) is 17.3 Å². The molecule has 0 radical (unpaired) electrons. The number of nitrogens with one attached hydrogen (secondary N) is 1. The van der Waals surface area contributed by atoms with Crippen LogP contribution in [0.3, 0.4) is 0 Å². The zero-order valence-electron chi connectivity index (χ0n) is 9.57. The molecule has 0 aromatic carbocycles. The van der Waals surface area contributed by atoms with Crippen LogP contribution in [0.25, 0.3) is 0 Å². The maximum absolute atomic E-state index is 11.8. The monoisotopic (exact) mass is 227 g/mol. The van der Waals surface area contributed by atoms with Crippen LogP contribution >= 0.6 is 11.5 Å². The Hall–Kier alpha value is -0.970. The van der Waals surface area contributed by atoms with Gasteiger partial charge in [0.05, 0.1) is 5.69 Å². The Kier molecular flexibility index (Phi) is 4.20. The van der Waals surface area contributed by atoms with Crippen molar-refractivity contribution in [1.29, 1.82) is 0 Å². The molecule has 0 spiro atoms. The number of carbonyl (C=O) groups excluding carboxylic acids is 1. The molecule has 0 unspecified atom stereocenters. The van der Waals surface area contributed by atoms with Crippen LogP contribution in [0.5, 0.6) is 0 Å². The molecule has 1 aromatic rings. The molecule has 1 heterocycles. The van der Waals surface area contributed by atoms with E-state index in [1.165, 1.54) is 0 Å². The Bertz CT molecular complexity index is 333. The largest absolute Gasteiger partial charge is 0.351 e. The van der Waals surface area contributed by atoms with E-state index in [1.807, 2.05) is 13.8 Å². The highest BCUT2D eigenvalue weighted by Crippen LogP contribution is 2.19. The van der Waals surface area contributed by atoms with Crippen LogP contribution in [0.1, 0.15) is 49.0 Å². The first-order valence-electron chi connectivity index (χ1n) is 5.12. The molecule has 1 amide bonds. The van der Waals surface area contributed by atoms with E-state index in [1.54, 1.807) is 0 Å². The van der Waals surface area contributed by atoms with Crippen molar-refractivity contribution >= 4 is 17.4 Å². The number of nitrogens with zero attached hydrogens (tertiary/aromatic N) is 2. The molecular weight excluding hydrogens is 210 g/mol. The maximum atomic E-state index is 11.8. The van der Waals surface area contributed by atoms with Crippen molar-refractivity contribution in [2.45, 2.75) is 33.6 Å². The van der Waals surface area contributed by atoms with Gasteiger partial charge in [-0.3, -0.25) is 4.79 Å². The Balaban J connectivity index is 2.69. The Morgan fingerprint density at radius 3 is 2.60 bits per heavy atom. The van der Waals surface area contributed by atoms with E-state index in [0.717, 1.165) is 17.2 Å². The zero-order chi connectivity index (χ0) is 11.4. The van der Waals surface area contributed by atoms with Crippen molar-refractivity contribution in [3.63, 3.8) is 0 Å². The summed E-state index contributed by atoms with van der Waals surface area (Å²) in [7, 11) is 0. The predicted octanol–water partition coefficient (Wildman–Crippen LogP) is 2.05. The van der Waals surface area contributed by atoms with Gasteiger partial charge in [0, 0.05) is 6.54 Å². The smallest absolute Gasteiger partial charge is 0.264 e. The van der Waals surface area contributed by atoms with E-state index in [4.69, 9.17) is 0 Å². The lowest BCUT2D eigenvalue weighted by atomic mass is 10.1. The minimum Gasteiger partial charge on any atom is -0.351 e. The number of aromatic nitrogens is 2. The number of rotatable bonds is 4. The van der Waals surface area contributed by atoms with Gasteiger partial charge in [-0.15, -0.1) is 5.10 Å². The molecule has 0 saturated carbocycles. The third-order valence-corrected chi connectivity index (χ3v) is 2.68. The summed E-state index contributed by atoms with van der Waals surface area (Å²) >= 11 is 1.16. The van der Waals surface area contributed by atoms with Crippen molar-refractivity contribution in [3.8, 4) is 0 Å². The van der Waals surface area contributed by atoms with Gasteiger partial charge in [-0.25, -0.2) is 0 Å². The summed E-state index contributed by atoms with van der Waals surface area (Å²) in [5.74, 6) is 0.642. The van der Waals surface area contributed by atoms with E-state index in [9.17, 15) is 4.79 Å². The zero-order valence-corrected chi connectivity index (χ0v) is 10.4. The molecule has 0 aliphatic heterocycles. The van der Waals surface area contributed by atoms with Crippen LogP contribution in [0, 0.1) is 5.92 Å². The summed E-state index contributed by atoms with van der Waals surface area (Å²) in [5.41, 5.74) is 0.793. The third-order valence-electron chi connectivity index (χ3n) is 1.94. The van der Waals surface area contributed by atoms with Crippen LogP contribution in [-0.4, -0.2) is 22.0 Å². The molecule has 1 rings (SSSR count). The first kappa shape index (κ1) is 12.1. The summed E-state index contributed by atoms with van der Waals surface area (Å²) in [6.45, 7) is 8.84. The highest BCUT2D eigenvalue weighted by atomic mass is 32.1. The molecule has 5 heteroatoms. The second-order valence-electron chi connectivity index (χ2n) is 4.25. The van der Waals surface area contributed by atoms with Gasteiger partial charge in [0.1, 0.15) is 4.88 Å². The van der Waals surface area contributed by atoms with E-state index in [-0.39, 0.29) is 11.8 Å². The predicted molar refractivity (Wildman–Crippen MR) is 61.2 cm³/mol. The second-order valence-corrected chi connectivity index (χ2v) is 5.00. The number of carbonyl (C=O) groups is 1. The van der Waals surface area contributed by atoms with Crippen molar-refractivity contribution in [2.24, 2.45) is 5.92 Å². The molecule has 0 atom stereocenters. The maximum Gasteiger partial charge on any atom is 0.264 e. The van der Waals surface area contributed by atoms with E-state index in [2.05, 4.69) is 28.8 Å². The standard InChI is InChI=1S/C10H17N3OS/c1-6(2)5-11-10(14)9-8(7(3)4)12-13-15-9/h6-7H,5H2,1-4H3,(H,11,14). The number of hydrogen-bond acceptors (Lipinski definition) is 4. The van der Waals surface area contributed by atoms with Crippen molar-refractivity contribution in [2.75, 3.05) is 6.54 Å². The summed E-state index contributed by atoms with van der Waals surface area (Å²) in [6, 6.07) is 0. The number of amides is 1. The van der Waals surface area contributed by atoms with Gasteiger partial charge in [-0.2, -0.15) is 0 Å². The topological polar surface area (TPSA) is 54.9 Å². The normalized spacial score (nSPS) is 11.1. The van der Waals surface area contributed by atoms with E-state index < -0.39 is 0 Å². The first-order chi connectivity index (χ1) is 7.02. The van der Waals surface area contributed by atoms with Gasteiger partial charge < -0.3 is 5.32 Å². The third kappa shape index (κ3) is 3.27. The molecule has 0 aliphatic rings. The fraction of sp³-hybridized carbons (Fsp3) is 0.700. The Morgan fingerprint density at radius 2 is 2.07 bits per heavy atom. The lowest BCUT2D eigenvalue weighted by Crippen LogP contribution is -2.27. The van der Waals surface area contributed by atoms with Gasteiger partial charge in [-0.05, 0) is 23.4 Å². The summed E-state index contributed by atoms with van der Waals surface area (Å²) in [4.78, 5) is 12.4. The van der Waals surface area contributed by atoms with Crippen molar-refractivity contribution in [1.82, 2.24) is 14.9 Å². The Morgan fingerprint density at radius 1 is 1.40 bits per heavy atom. The molecule has 0 aliphatic carbocycles. The van der Waals surface area contributed by atoms with Gasteiger partial charge >= 0.3 is 0 Å². The molecule has 0 bridgehead atoms. The second kappa shape index (κ2) is 5.21. The van der Waals surface area contributed by atoms with Gasteiger partial charge in [0.2, 0.25) is 0 Å². The molecule has 1 N–H and O–H groups in total. The van der Waals surface area contributed by atoms with Crippen LogP contribution in [0.2, 0.25) is 0 Å². The lowest BCUT2D eigenvalue weighted by Gasteiger charge is -2.07. The van der Waals surface area contributed by atoms with Crippen LogP contribution < -0.4 is 5.32 Å². The molecular formula is C10H17N3OS. The van der Waals surface area contributed by atoms with Crippen LogP contribution in [-0.2, 0) is 0 Å². The molecule has 1 aromatic heterocycles. The van der Waals surface area contributed by atoms with Gasteiger partial charge in [0.15, 0.2) is 0 Å². The van der Waals surface area contributed by atoms with Crippen LogP contribution in [0.15, 0.2) is 0 Å². The fourth-order valence-electron chi connectivity index (χ4n) is 1.11. The lowest BCUT2D eigenvalue weighted by molar-refractivity contribution is 0.0951. The van der Waals surface area contributed by atoms with E-state index >= 15 is 0 Å². The van der Waals surface area contributed by atoms with Crippen molar-refractivity contribution < 1.29 is 4.79 Å². The minimum absolute atomic E-state index is 0.0533. The van der Waals surface area contributed by atoms with Crippen molar-refractivity contribution in [3.05, 3.63) is 10.6 Å². The molecule has 4 nitrogen and oxygen atoms in total. The fourth-order valence-corrected chi connectivity index (χ4v) is 1.85. The van der Waals surface area contributed by atoms with Gasteiger partial charge in [-0.1, -0.05) is 32.2 Å². The first-order valence-corrected chi connectivity index (χ1v) is 5.90. The molecule has 84 valence electrons. The molecule has 0 saturated heterocycles. The average Bonchev–Trinajstić information content (AvgIpc) is 2.62. The molecule has 0 fully saturated rings. The minimum atomic E-state index is -0.0533. The summed E-state index contributed by atoms with van der Waals surface area (Å²) in [5, 5.41) is 6.84.